The van der Waals surface area contributed by atoms with Crippen molar-refractivity contribution in [1.29, 1.82) is 0 Å². The number of nitrogens with zero attached hydrogens (tertiary/aromatic N) is 3. The summed E-state index contributed by atoms with van der Waals surface area (Å²) in [5.41, 5.74) is 0. The standard InChI is InChI=1S/C9H11Cl2N3O2/c1-15-6-7(10)12-9(13-8(6)11)14-2-4-16-5-3-14/h2-5H2,1H3. The maximum absolute atomic E-state index is 5.94. The summed E-state index contributed by atoms with van der Waals surface area (Å²) in [4.78, 5) is 10.3. The molecule has 1 aromatic rings. The van der Waals surface area contributed by atoms with Crippen LogP contribution in [0.4, 0.5) is 5.95 Å². The minimum atomic E-state index is 0.226. The zero-order valence-electron chi connectivity index (χ0n) is 8.74. The summed E-state index contributed by atoms with van der Waals surface area (Å²) in [7, 11) is 1.48. The van der Waals surface area contributed by atoms with Crippen molar-refractivity contribution in [2.24, 2.45) is 0 Å². The van der Waals surface area contributed by atoms with Gasteiger partial charge in [-0.2, -0.15) is 9.97 Å². The van der Waals surface area contributed by atoms with Crippen molar-refractivity contribution >= 4 is 29.2 Å². The first-order chi connectivity index (χ1) is 7.72. The van der Waals surface area contributed by atoms with Crippen LogP contribution in [0.15, 0.2) is 0 Å². The Hall–Kier alpha value is -0.780. The van der Waals surface area contributed by atoms with Crippen LogP contribution in [0.1, 0.15) is 0 Å². The smallest absolute Gasteiger partial charge is 0.228 e. The van der Waals surface area contributed by atoms with Crippen LogP contribution in [0.3, 0.4) is 0 Å². The lowest BCUT2D eigenvalue weighted by Gasteiger charge is -2.27. The average Bonchev–Trinajstić information content (AvgIpc) is 2.30. The summed E-state index contributed by atoms with van der Waals surface area (Å²) in [6, 6.07) is 0. The number of morpholine rings is 1. The molecule has 0 amide bonds. The number of halogens is 2. The Morgan fingerprint density at radius 1 is 1.19 bits per heavy atom. The number of hydrogen-bond acceptors (Lipinski definition) is 5. The van der Waals surface area contributed by atoms with E-state index in [9.17, 15) is 0 Å². The number of anilines is 1. The second-order valence-electron chi connectivity index (χ2n) is 3.24. The molecule has 0 spiro atoms. The van der Waals surface area contributed by atoms with Gasteiger partial charge >= 0.3 is 0 Å². The van der Waals surface area contributed by atoms with Crippen LogP contribution in [0.5, 0.6) is 5.75 Å². The van der Waals surface area contributed by atoms with Crippen molar-refractivity contribution in [3.8, 4) is 5.75 Å². The molecule has 88 valence electrons. The molecule has 0 unspecified atom stereocenters. The number of hydrogen-bond donors (Lipinski definition) is 0. The van der Waals surface area contributed by atoms with Gasteiger partial charge in [0.2, 0.25) is 5.95 Å². The highest BCUT2D eigenvalue weighted by atomic mass is 35.5. The van der Waals surface area contributed by atoms with E-state index in [2.05, 4.69) is 9.97 Å². The van der Waals surface area contributed by atoms with E-state index in [1.165, 1.54) is 7.11 Å². The monoisotopic (exact) mass is 263 g/mol. The van der Waals surface area contributed by atoms with Gasteiger partial charge in [-0.3, -0.25) is 0 Å². The minimum absolute atomic E-state index is 0.226. The zero-order chi connectivity index (χ0) is 11.5. The SMILES string of the molecule is COc1c(Cl)nc(N2CCOCC2)nc1Cl. The Bertz CT molecular complexity index is 360. The van der Waals surface area contributed by atoms with Gasteiger partial charge in [0, 0.05) is 13.1 Å². The molecular weight excluding hydrogens is 253 g/mol. The number of ether oxygens (including phenoxy) is 2. The van der Waals surface area contributed by atoms with Crippen molar-refractivity contribution in [1.82, 2.24) is 9.97 Å². The third-order valence-corrected chi connectivity index (χ3v) is 2.78. The Balaban J connectivity index is 2.28. The average molecular weight is 264 g/mol. The van der Waals surface area contributed by atoms with Crippen molar-refractivity contribution in [2.45, 2.75) is 0 Å². The van der Waals surface area contributed by atoms with Crippen molar-refractivity contribution in [3.05, 3.63) is 10.3 Å². The quantitative estimate of drug-likeness (QED) is 0.760. The van der Waals surface area contributed by atoms with Crippen LogP contribution >= 0.6 is 23.2 Å². The Morgan fingerprint density at radius 2 is 1.75 bits per heavy atom. The first-order valence-corrected chi connectivity index (χ1v) is 5.57. The van der Waals surface area contributed by atoms with Crippen molar-refractivity contribution < 1.29 is 9.47 Å². The molecule has 5 nitrogen and oxygen atoms in total. The molecule has 2 rings (SSSR count). The molecule has 0 aliphatic carbocycles. The van der Waals surface area contributed by atoms with Crippen LogP contribution in [0.2, 0.25) is 10.3 Å². The maximum Gasteiger partial charge on any atom is 0.228 e. The molecule has 1 aliphatic rings. The van der Waals surface area contributed by atoms with Gasteiger partial charge in [-0.1, -0.05) is 23.2 Å². The minimum Gasteiger partial charge on any atom is -0.491 e. The molecule has 0 bridgehead atoms. The molecule has 0 saturated carbocycles. The summed E-state index contributed by atoms with van der Waals surface area (Å²) >= 11 is 11.9. The van der Waals surface area contributed by atoms with E-state index in [0.29, 0.717) is 24.9 Å². The second-order valence-corrected chi connectivity index (χ2v) is 3.95. The number of methoxy groups -OCH3 is 1. The summed E-state index contributed by atoms with van der Waals surface area (Å²) < 4.78 is 10.2. The van der Waals surface area contributed by atoms with E-state index < -0.39 is 0 Å². The first-order valence-electron chi connectivity index (χ1n) is 4.82. The summed E-state index contributed by atoms with van der Waals surface area (Å²) in [6.07, 6.45) is 0. The van der Waals surface area contributed by atoms with Crippen LogP contribution in [-0.2, 0) is 4.74 Å². The van der Waals surface area contributed by atoms with E-state index >= 15 is 0 Å². The normalized spacial score (nSPS) is 16.3. The first kappa shape index (κ1) is 11.7. The molecule has 1 saturated heterocycles. The highest BCUT2D eigenvalue weighted by molar-refractivity contribution is 6.35. The maximum atomic E-state index is 5.94. The van der Waals surface area contributed by atoms with Crippen LogP contribution in [0.25, 0.3) is 0 Å². The van der Waals surface area contributed by atoms with Crippen LogP contribution in [0, 0.1) is 0 Å². The van der Waals surface area contributed by atoms with E-state index in [-0.39, 0.29) is 10.3 Å². The van der Waals surface area contributed by atoms with Gasteiger partial charge in [-0.05, 0) is 0 Å². The molecule has 7 heteroatoms. The summed E-state index contributed by atoms with van der Waals surface area (Å²) in [5, 5.41) is 0.452. The van der Waals surface area contributed by atoms with Gasteiger partial charge in [0.05, 0.1) is 20.3 Å². The lowest BCUT2D eigenvalue weighted by Crippen LogP contribution is -2.37. The summed E-state index contributed by atoms with van der Waals surface area (Å²) in [5.74, 6) is 0.819. The summed E-state index contributed by atoms with van der Waals surface area (Å²) in [6.45, 7) is 2.78. The Kier molecular flexibility index (Phi) is 3.68. The molecule has 0 N–H and O–H groups in total. The van der Waals surface area contributed by atoms with Gasteiger partial charge in [0.1, 0.15) is 0 Å². The van der Waals surface area contributed by atoms with Gasteiger partial charge in [-0.25, -0.2) is 0 Å². The van der Waals surface area contributed by atoms with Crippen molar-refractivity contribution in [3.63, 3.8) is 0 Å². The second kappa shape index (κ2) is 5.03. The molecule has 1 aliphatic heterocycles. The van der Waals surface area contributed by atoms with Crippen LogP contribution < -0.4 is 9.64 Å². The van der Waals surface area contributed by atoms with Gasteiger partial charge < -0.3 is 14.4 Å². The molecular formula is C9H11Cl2N3O2. The molecule has 0 atom stereocenters. The van der Waals surface area contributed by atoms with Crippen LogP contribution in [-0.4, -0.2) is 43.4 Å². The molecule has 0 radical (unpaired) electrons. The fourth-order valence-electron chi connectivity index (χ4n) is 1.46. The molecule has 1 aromatic heterocycles. The van der Waals surface area contributed by atoms with Gasteiger partial charge in [-0.15, -0.1) is 0 Å². The van der Waals surface area contributed by atoms with Crippen molar-refractivity contribution in [2.75, 3.05) is 38.3 Å². The third kappa shape index (κ3) is 2.31. The van der Waals surface area contributed by atoms with Gasteiger partial charge in [0.15, 0.2) is 16.1 Å². The Labute approximate surface area is 103 Å². The molecule has 16 heavy (non-hydrogen) atoms. The highest BCUT2D eigenvalue weighted by Crippen LogP contribution is 2.31. The Morgan fingerprint density at radius 3 is 2.25 bits per heavy atom. The zero-order valence-corrected chi connectivity index (χ0v) is 10.3. The molecule has 2 heterocycles. The predicted molar refractivity (Wildman–Crippen MR) is 61.6 cm³/mol. The predicted octanol–water partition coefficient (Wildman–Crippen LogP) is 1.63. The number of aromatic nitrogens is 2. The van der Waals surface area contributed by atoms with E-state index in [1.807, 2.05) is 4.90 Å². The lowest BCUT2D eigenvalue weighted by molar-refractivity contribution is 0.122. The number of rotatable bonds is 2. The van der Waals surface area contributed by atoms with E-state index in [0.717, 1.165) is 13.1 Å². The molecule has 0 aromatic carbocycles. The molecule has 1 fully saturated rings. The fraction of sp³-hybridized carbons (Fsp3) is 0.556. The lowest BCUT2D eigenvalue weighted by atomic mass is 10.4. The largest absolute Gasteiger partial charge is 0.491 e. The topological polar surface area (TPSA) is 47.5 Å². The highest BCUT2D eigenvalue weighted by Gasteiger charge is 2.18. The van der Waals surface area contributed by atoms with E-state index in [1.54, 1.807) is 0 Å². The van der Waals surface area contributed by atoms with E-state index in [4.69, 9.17) is 32.7 Å². The van der Waals surface area contributed by atoms with Gasteiger partial charge in [0.25, 0.3) is 0 Å². The third-order valence-electron chi connectivity index (χ3n) is 2.27. The fourth-order valence-corrected chi connectivity index (χ4v) is 1.99.